The van der Waals surface area contributed by atoms with Gasteiger partial charge in [-0.2, -0.15) is 0 Å². The third-order valence-corrected chi connectivity index (χ3v) is 3.55. The molecule has 2 rings (SSSR count). The van der Waals surface area contributed by atoms with Crippen molar-refractivity contribution >= 4 is 12.6 Å². The summed E-state index contributed by atoms with van der Waals surface area (Å²) in [6.07, 6.45) is -1.24. The molecule has 0 N–H and O–H groups in total. The van der Waals surface area contributed by atoms with Crippen molar-refractivity contribution < 1.29 is 18.1 Å². The predicted molar refractivity (Wildman–Crippen MR) is 64.9 cm³/mol. The quantitative estimate of drug-likeness (QED) is 0.760. The molecule has 0 saturated carbocycles. The SMILES string of the molecule is CC1(C)OB(c2ccnc(C(F)F)c2)OC1(C)C. The smallest absolute Gasteiger partial charge is 0.399 e. The first kappa shape index (κ1) is 13.4. The van der Waals surface area contributed by atoms with Crippen molar-refractivity contribution in [3.8, 4) is 0 Å². The van der Waals surface area contributed by atoms with E-state index < -0.39 is 24.7 Å². The molecule has 18 heavy (non-hydrogen) atoms. The number of nitrogens with zero attached hydrogens (tertiary/aromatic N) is 1. The van der Waals surface area contributed by atoms with Crippen molar-refractivity contribution in [3.63, 3.8) is 0 Å². The third kappa shape index (κ3) is 2.27. The van der Waals surface area contributed by atoms with Crippen LogP contribution in [-0.2, 0) is 9.31 Å². The first-order valence-electron chi connectivity index (χ1n) is 5.82. The van der Waals surface area contributed by atoms with Crippen molar-refractivity contribution in [2.24, 2.45) is 0 Å². The molecule has 1 aliphatic rings. The van der Waals surface area contributed by atoms with Crippen LogP contribution in [0, 0.1) is 0 Å². The van der Waals surface area contributed by atoms with Crippen molar-refractivity contribution in [2.45, 2.75) is 45.3 Å². The van der Waals surface area contributed by atoms with Gasteiger partial charge in [0.15, 0.2) is 0 Å². The maximum absolute atomic E-state index is 12.6. The Balaban J connectivity index is 2.27. The summed E-state index contributed by atoms with van der Waals surface area (Å²) in [5.74, 6) is 0. The zero-order valence-corrected chi connectivity index (χ0v) is 10.9. The summed E-state index contributed by atoms with van der Waals surface area (Å²) >= 11 is 0. The molecule has 6 heteroatoms. The summed E-state index contributed by atoms with van der Waals surface area (Å²) in [4.78, 5) is 3.62. The van der Waals surface area contributed by atoms with E-state index in [-0.39, 0.29) is 5.69 Å². The van der Waals surface area contributed by atoms with Crippen LogP contribution in [0.2, 0.25) is 0 Å². The van der Waals surface area contributed by atoms with E-state index in [1.165, 1.54) is 12.3 Å². The largest absolute Gasteiger partial charge is 0.494 e. The van der Waals surface area contributed by atoms with Gasteiger partial charge in [-0.05, 0) is 45.3 Å². The minimum absolute atomic E-state index is 0.262. The first-order chi connectivity index (χ1) is 8.23. The summed E-state index contributed by atoms with van der Waals surface area (Å²) in [7, 11) is -0.629. The van der Waals surface area contributed by atoms with Gasteiger partial charge in [-0.15, -0.1) is 0 Å². The molecule has 98 valence electrons. The topological polar surface area (TPSA) is 31.4 Å². The monoisotopic (exact) mass is 255 g/mol. The van der Waals surface area contributed by atoms with Crippen molar-refractivity contribution in [3.05, 3.63) is 24.0 Å². The lowest BCUT2D eigenvalue weighted by molar-refractivity contribution is 0.00578. The van der Waals surface area contributed by atoms with E-state index in [1.807, 2.05) is 27.7 Å². The standard InChI is InChI=1S/C12H16BF2NO2/c1-11(2)12(3,4)18-13(17-11)8-5-6-16-9(7-8)10(14)15/h5-7,10H,1-4H3. The Labute approximate surface area is 106 Å². The van der Waals surface area contributed by atoms with E-state index in [0.29, 0.717) is 5.46 Å². The number of aromatic nitrogens is 1. The van der Waals surface area contributed by atoms with E-state index in [0.717, 1.165) is 0 Å². The molecule has 1 aromatic rings. The zero-order chi connectivity index (χ0) is 13.6. The van der Waals surface area contributed by atoms with Gasteiger partial charge >= 0.3 is 7.12 Å². The lowest BCUT2D eigenvalue weighted by Crippen LogP contribution is -2.41. The summed E-state index contributed by atoms with van der Waals surface area (Å²) in [6.45, 7) is 7.68. The molecule has 2 heterocycles. The molecule has 0 unspecified atom stereocenters. The average Bonchev–Trinajstić information content (AvgIpc) is 2.48. The van der Waals surface area contributed by atoms with Crippen molar-refractivity contribution in [1.29, 1.82) is 0 Å². The van der Waals surface area contributed by atoms with Crippen molar-refractivity contribution in [1.82, 2.24) is 4.98 Å². The van der Waals surface area contributed by atoms with Crippen LogP contribution in [0.4, 0.5) is 8.78 Å². The van der Waals surface area contributed by atoms with Gasteiger partial charge in [-0.3, -0.25) is 4.98 Å². The molecule has 0 aromatic carbocycles. The molecule has 1 aromatic heterocycles. The second-order valence-electron chi connectivity index (χ2n) is 5.40. The number of rotatable bonds is 2. The molecule has 1 fully saturated rings. The van der Waals surface area contributed by atoms with E-state index >= 15 is 0 Å². The van der Waals surface area contributed by atoms with E-state index in [9.17, 15) is 8.78 Å². The lowest BCUT2D eigenvalue weighted by atomic mass is 9.79. The fraction of sp³-hybridized carbons (Fsp3) is 0.583. The molecule has 0 radical (unpaired) electrons. The van der Waals surface area contributed by atoms with Crippen LogP contribution in [0.5, 0.6) is 0 Å². The minimum atomic E-state index is -2.59. The highest BCUT2D eigenvalue weighted by Gasteiger charge is 2.51. The zero-order valence-electron chi connectivity index (χ0n) is 10.9. The molecule has 0 atom stereocenters. The molecule has 0 amide bonds. The highest BCUT2D eigenvalue weighted by molar-refractivity contribution is 6.62. The van der Waals surface area contributed by atoms with Gasteiger partial charge < -0.3 is 9.31 Å². The molecule has 0 bridgehead atoms. The van der Waals surface area contributed by atoms with E-state index in [1.54, 1.807) is 6.07 Å². The fourth-order valence-corrected chi connectivity index (χ4v) is 1.71. The van der Waals surface area contributed by atoms with Gasteiger partial charge in [0.25, 0.3) is 6.43 Å². The number of pyridine rings is 1. The number of alkyl halides is 2. The highest BCUT2D eigenvalue weighted by atomic mass is 19.3. The fourth-order valence-electron chi connectivity index (χ4n) is 1.71. The Hall–Kier alpha value is -1.01. The second kappa shape index (κ2) is 4.28. The van der Waals surface area contributed by atoms with Gasteiger partial charge in [0, 0.05) is 6.20 Å². The number of halogens is 2. The van der Waals surface area contributed by atoms with Crippen LogP contribution >= 0.6 is 0 Å². The summed E-state index contributed by atoms with van der Waals surface area (Å²) in [5.41, 5.74) is -0.654. The van der Waals surface area contributed by atoms with Crippen LogP contribution in [0.25, 0.3) is 0 Å². The average molecular weight is 255 g/mol. The predicted octanol–water partition coefficient (Wildman–Crippen LogP) is 2.32. The van der Waals surface area contributed by atoms with E-state index in [4.69, 9.17) is 9.31 Å². The molecule has 3 nitrogen and oxygen atoms in total. The van der Waals surface area contributed by atoms with Crippen LogP contribution in [0.15, 0.2) is 18.3 Å². The van der Waals surface area contributed by atoms with Crippen LogP contribution < -0.4 is 5.46 Å². The lowest BCUT2D eigenvalue weighted by Gasteiger charge is -2.32. The molecular formula is C12H16BF2NO2. The molecule has 1 aliphatic heterocycles. The normalized spacial score (nSPS) is 21.6. The van der Waals surface area contributed by atoms with Gasteiger partial charge in [-0.1, -0.05) is 0 Å². The summed E-state index contributed by atoms with van der Waals surface area (Å²) in [6, 6.07) is 2.96. The molecule has 0 spiro atoms. The molecule has 1 saturated heterocycles. The van der Waals surface area contributed by atoms with Gasteiger partial charge in [0.2, 0.25) is 0 Å². The Bertz CT molecular complexity index is 435. The summed E-state index contributed by atoms with van der Waals surface area (Å²) < 4.78 is 36.8. The van der Waals surface area contributed by atoms with E-state index in [2.05, 4.69) is 4.98 Å². The Morgan fingerprint density at radius 2 is 1.72 bits per heavy atom. The first-order valence-corrected chi connectivity index (χ1v) is 5.82. The Morgan fingerprint density at radius 1 is 1.17 bits per heavy atom. The maximum atomic E-state index is 12.6. The van der Waals surface area contributed by atoms with Gasteiger partial charge in [0.05, 0.1) is 11.2 Å². The third-order valence-electron chi connectivity index (χ3n) is 3.55. The number of hydrogen-bond donors (Lipinski definition) is 0. The highest BCUT2D eigenvalue weighted by Crippen LogP contribution is 2.36. The van der Waals surface area contributed by atoms with Gasteiger partial charge in [-0.25, -0.2) is 8.78 Å². The van der Waals surface area contributed by atoms with Crippen LogP contribution in [0.1, 0.15) is 39.8 Å². The number of hydrogen-bond acceptors (Lipinski definition) is 3. The van der Waals surface area contributed by atoms with Gasteiger partial charge in [0.1, 0.15) is 5.69 Å². The van der Waals surface area contributed by atoms with Crippen LogP contribution in [0.3, 0.4) is 0 Å². The Kier molecular flexibility index (Phi) is 3.19. The van der Waals surface area contributed by atoms with Crippen molar-refractivity contribution in [2.75, 3.05) is 0 Å². The molecule has 0 aliphatic carbocycles. The maximum Gasteiger partial charge on any atom is 0.494 e. The van der Waals surface area contributed by atoms with Crippen LogP contribution in [-0.4, -0.2) is 23.3 Å². The second-order valence-corrected chi connectivity index (χ2v) is 5.40. The summed E-state index contributed by atoms with van der Waals surface area (Å²) in [5, 5.41) is 0. The minimum Gasteiger partial charge on any atom is -0.399 e. The molecular weight excluding hydrogens is 239 g/mol. The Morgan fingerprint density at radius 3 is 2.22 bits per heavy atom.